The second kappa shape index (κ2) is 11.7. The summed E-state index contributed by atoms with van der Waals surface area (Å²) in [5.41, 5.74) is 4.05. The molecule has 0 spiro atoms. The summed E-state index contributed by atoms with van der Waals surface area (Å²) in [4.78, 5) is 55.8. The van der Waals surface area contributed by atoms with E-state index < -0.39 is 51.7 Å². The van der Waals surface area contributed by atoms with E-state index in [0.717, 1.165) is 34.5 Å². The topological polar surface area (TPSA) is 160 Å². The van der Waals surface area contributed by atoms with Gasteiger partial charge in [0.25, 0.3) is 0 Å². The number of pyridine rings is 2. The van der Waals surface area contributed by atoms with Gasteiger partial charge in [-0.2, -0.15) is 0 Å². The van der Waals surface area contributed by atoms with Crippen LogP contribution in [0.3, 0.4) is 0 Å². The fourth-order valence-corrected chi connectivity index (χ4v) is 5.94. The van der Waals surface area contributed by atoms with Gasteiger partial charge in [-0.1, -0.05) is 30.3 Å². The van der Waals surface area contributed by atoms with Gasteiger partial charge in [-0.25, -0.2) is 22.9 Å². The summed E-state index contributed by atoms with van der Waals surface area (Å²) in [5.74, 6) is -5.51. The molecule has 6 rings (SSSR count). The number of piperidine rings is 1. The SMILES string of the molecule is NCC(=O)N[C@@H](Cc1ccccc1)C(=O)NC1[C@H]2CN(c3nc4c(cc3F)c(=O)c(C(=O)O)cn4-c3ccc(F)cc3F)C[C@@H]12. The van der Waals surface area contributed by atoms with Crippen LogP contribution in [0.2, 0.25) is 0 Å². The first kappa shape index (κ1) is 29.8. The first-order chi connectivity index (χ1) is 21.5. The first-order valence-electron chi connectivity index (χ1n) is 14.1. The smallest absolute Gasteiger partial charge is 0.341 e. The van der Waals surface area contributed by atoms with E-state index in [4.69, 9.17) is 5.73 Å². The Morgan fingerprint density at radius 1 is 1.02 bits per heavy atom. The lowest BCUT2D eigenvalue weighted by Gasteiger charge is -2.24. The number of carbonyl (C=O) groups is 3. The van der Waals surface area contributed by atoms with Crippen molar-refractivity contribution < 1.29 is 32.7 Å². The number of aromatic nitrogens is 2. The second-order valence-electron chi connectivity index (χ2n) is 11.1. The molecule has 2 fully saturated rings. The highest BCUT2D eigenvalue weighted by atomic mass is 19.1. The molecule has 1 saturated carbocycles. The van der Waals surface area contributed by atoms with Crippen molar-refractivity contribution in [1.29, 1.82) is 0 Å². The van der Waals surface area contributed by atoms with Crippen molar-refractivity contribution in [3.63, 3.8) is 0 Å². The minimum Gasteiger partial charge on any atom is -0.477 e. The predicted molar refractivity (Wildman–Crippen MR) is 156 cm³/mol. The molecule has 0 bridgehead atoms. The predicted octanol–water partition coefficient (Wildman–Crippen LogP) is 1.74. The van der Waals surface area contributed by atoms with Crippen molar-refractivity contribution in [2.24, 2.45) is 17.6 Å². The molecule has 1 aliphatic carbocycles. The minimum absolute atomic E-state index is 0.0560. The molecule has 14 heteroatoms. The van der Waals surface area contributed by atoms with Gasteiger partial charge in [0.05, 0.1) is 17.6 Å². The van der Waals surface area contributed by atoms with Crippen LogP contribution in [0.5, 0.6) is 0 Å². The lowest BCUT2D eigenvalue weighted by Crippen LogP contribution is -2.51. The molecule has 0 radical (unpaired) electrons. The maximum Gasteiger partial charge on any atom is 0.341 e. The van der Waals surface area contributed by atoms with Gasteiger partial charge in [0.2, 0.25) is 17.2 Å². The summed E-state index contributed by atoms with van der Waals surface area (Å²) in [7, 11) is 0. The number of aromatic carboxylic acids is 1. The molecule has 2 aromatic carbocycles. The van der Waals surface area contributed by atoms with E-state index in [1.54, 1.807) is 4.90 Å². The Balaban J connectivity index is 1.24. The number of benzene rings is 2. The van der Waals surface area contributed by atoms with Crippen molar-refractivity contribution in [1.82, 2.24) is 20.2 Å². The third-order valence-electron chi connectivity index (χ3n) is 8.23. The average Bonchev–Trinajstić information content (AvgIpc) is 3.43. The summed E-state index contributed by atoms with van der Waals surface area (Å²) in [6.07, 6.45) is 1.14. The number of hydrogen-bond donors (Lipinski definition) is 4. The number of hydrogen-bond acceptors (Lipinski definition) is 7. The molecule has 1 unspecified atom stereocenters. The average molecular weight is 621 g/mol. The quantitative estimate of drug-likeness (QED) is 0.220. The van der Waals surface area contributed by atoms with Gasteiger partial charge in [-0.3, -0.25) is 19.0 Å². The summed E-state index contributed by atoms with van der Waals surface area (Å²) < 4.78 is 44.8. The molecule has 232 valence electrons. The summed E-state index contributed by atoms with van der Waals surface area (Å²) in [6, 6.07) is 11.6. The van der Waals surface area contributed by atoms with Crippen LogP contribution in [0.4, 0.5) is 19.0 Å². The maximum atomic E-state index is 15.4. The van der Waals surface area contributed by atoms with Gasteiger partial charge >= 0.3 is 5.97 Å². The summed E-state index contributed by atoms with van der Waals surface area (Å²) >= 11 is 0. The molecule has 3 heterocycles. The summed E-state index contributed by atoms with van der Waals surface area (Å²) in [6.45, 7) is 0.323. The Morgan fingerprint density at radius 3 is 2.38 bits per heavy atom. The molecule has 4 atom stereocenters. The first-order valence-corrected chi connectivity index (χ1v) is 14.1. The number of carboxylic acid groups (broad SMARTS) is 1. The number of rotatable bonds is 9. The molecular formula is C31H27F3N6O5. The number of carboxylic acids is 1. The number of nitrogens with one attached hydrogen (secondary N) is 2. The van der Waals surface area contributed by atoms with Crippen LogP contribution in [-0.2, 0) is 16.0 Å². The van der Waals surface area contributed by atoms with Gasteiger partial charge in [0.15, 0.2) is 17.3 Å². The van der Waals surface area contributed by atoms with Gasteiger partial charge in [-0.15, -0.1) is 0 Å². The van der Waals surface area contributed by atoms with Crippen LogP contribution in [0, 0.1) is 29.3 Å². The molecule has 1 saturated heterocycles. The van der Waals surface area contributed by atoms with Gasteiger partial charge in [0, 0.05) is 49.7 Å². The van der Waals surface area contributed by atoms with E-state index >= 15 is 4.39 Å². The lowest BCUT2D eigenvalue weighted by atomic mass is 10.1. The minimum atomic E-state index is -1.61. The van der Waals surface area contributed by atoms with Gasteiger partial charge < -0.3 is 26.4 Å². The van der Waals surface area contributed by atoms with Crippen LogP contribution in [0.25, 0.3) is 16.7 Å². The fraction of sp³-hybridized carbons (Fsp3) is 0.258. The van der Waals surface area contributed by atoms with E-state index in [1.807, 2.05) is 30.3 Å². The van der Waals surface area contributed by atoms with Crippen molar-refractivity contribution >= 4 is 34.6 Å². The molecule has 2 amide bonds. The van der Waals surface area contributed by atoms with Crippen LogP contribution < -0.4 is 26.7 Å². The van der Waals surface area contributed by atoms with Gasteiger partial charge in [-0.05, 0) is 23.8 Å². The van der Waals surface area contributed by atoms with E-state index in [2.05, 4.69) is 15.6 Å². The number of nitrogens with zero attached hydrogens (tertiary/aromatic N) is 3. The highest BCUT2D eigenvalue weighted by Gasteiger charge is 2.57. The Bertz CT molecular complexity index is 1890. The van der Waals surface area contributed by atoms with Crippen molar-refractivity contribution in [3.8, 4) is 5.69 Å². The van der Waals surface area contributed by atoms with Crippen molar-refractivity contribution in [3.05, 3.63) is 99.6 Å². The van der Waals surface area contributed by atoms with E-state index in [-0.39, 0.29) is 53.9 Å². The zero-order valence-electron chi connectivity index (χ0n) is 23.5. The number of carbonyl (C=O) groups excluding carboxylic acids is 2. The number of amides is 2. The number of anilines is 1. The Labute approximate surface area is 253 Å². The van der Waals surface area contributed by atoms with Gasteiger partial charge in [0.1, 0.15) is 23.2 Å². The fourth-order valence-electron chi connectivity index (χ4n) is 5.94. The van der Waals surface area contributed by atoms with Crippen molar-refractivity contribution in [2.75, 3.05) is 24.5 Å². The number of nitrogens with two attached hydrogens (primary N) is 1. The van der Waals surface area contributed by atoms with Crippen LogP contribution in [-0.4, -0.2) is 64.2 Å². The molecule has 5 N–H and O–H groups in total. The zero-order valence-corrected chi connectivity index (χ0v) is 23.5. The molecular weight excluding hydrogens is 593 g/mol. The second-order valence-corrected chi connectivity index (χ2v) is 11.1. The van der Waals surface area contributed by atoms with Crippen LogP contribution >= 0.6 is 0 Å². The Kier molecular flexibility index (Phi) is 7.74. The standard InChI is InChI=1S/C31H27F3N6O5/c32-16-6-7-24(21(33)9-16)40-14-20(31(44)45)27(42)17-10-22(34)29(38-28(17)40)39-12-18-19(13-39)26(18)37-30(43)23(36-25(41)11-35)8-15-4-2-1-3-5-15/h1-7,9-10,14,18-19,23,26H,8,11-13,35H2,(H,36,41)(H,37,43)(H,44,45)/t18-,19+,23-,26?/m0/s1. The monoisotopic (exact) mass is 620 g/mol. The third-order valence-corrected chi connectivity index (χ3v) is 8.23. The van der Waals surface area contributed by atoms with Crippen LogP contribution in [0.15, 0.2) is 65.6 Å². The molecule has 4 aromatic rings. The maximum absolute atomic E-state index is 15.4. The highest BCUT2D eigenvalue weighted by Crippen LogP contribution is 2.47. The van der Waals surface area contributed by atoms with Crippen LogP contribution in [0.1, 0.15) is 15.9 Å². The van der Waals surface area contributed by atoms with E-state index in [0.29, 0.717) is 19.2 Å². The molecule has 2 aliphatic rings. The molecule has 1 aliphatic heterocycles. The normalized spacial score (nSPS) is 19.2. The molecule has 11 nitrogen and oxygen atoms in total. The lowest BCUT2D eigenvalue weighted by molar-refractivity contribution is -0.128. The zero-order chi connectivity index (χ0) is 32.0. The Hall–Kier alpha value is -5.24. The van der Waals surface area contributed by atoms with E-state index in [1.165, 1.54) is 0 Å². The molecule has 45 heavy (non-hydrogen) atoms. The number of fused-ring (bicyclic) bond motifs is 2. The highest BCUT2D eigenvalue weighted by molar-refractivity contribution is 5.93. The third kappa shape index (κ3) is 5.71. The largest absolute Gasteiger partial charge is 0.477 e. The molecule has 2 aromatic heterocycles. The summed E-state index contributed by atoms with van der Waals surface area (Å²) in [5, 5.41) is 14.8. The van der Waals surface area contributed by atoms with Crippen molar-refractivity contribution in [2.45, 2.75) is 18.5 Å². The van der Waals surface area contributed by atoms with E-state index in [9.17, 15) is 33.1 Å². The number of halogens is 3. The Morgan fingerprint density at radius 2 is 1.73 bits per heavy atom.